The van der Waals surface area contributed by atoms with Gasteiger partial charge in [-0.2, -0.15) is 0 Å². The van der Waals surface area contributed by atoms with Gasteiger partial charge < -0.3 is 15.5 Å². The van der Waals surface area contributed by atoms with E-state index in [0.29, 0.717) is 29.4 Å². The van der Waals surface area contributed by atoms with Gasteiger partial charge in [0.1, 0.15) is 11.6 Å². The van der Waals surface area contributed by atoms with Crippen LogP contribution in [0.2, 0.25) is 0 Å². The van der Waals surface area contributed by atoms with Crippen molar-refractivity contribution in [3.63, 3.8) is 0 Å². The lowest BCUT2D eigenvalue weighted by Crippen LogP contribution is -2.20. The fourth-order valence-electron chi connectivity index (χ4n) is 3.20. The maximum Gasteiger partial charge on any atom is 0.276 e. The van der Waals surface area contributed by atoms with E-state index in [4.69, 9.17) is 0 Å². The summed E-state index contributed by atoms with van der Waals surface area (Å²) in [6.45, 7) is 1.95. The highest BCUT2D eigenvalue weighted by molar-refractivity contribution is 6.03. The zero-order chi connectivity index (χ0) is 22.7. The monoisotopic (exact) mass is 432 g/mol. The average molecular weight is 432 g/mol. The second kappa shape index (κ2) is 8.84. The molecule has 0 unspecified atom stereocenters. The standard InChI is InChI=1S/C23H21FN6O2/c1-15(31)26-18-7-9-19(10-8-18)27-23(32)20-13-25-21-11-12-22(28-30(20)21)29(2)14-16-3-5-17(24)6-4-16/h3-13H,14H2,1-2H3,(H,26,31)(H,27,32). The molecule has 2 N–H and O–H groups in total. The van der Waals surface area contributed by atoms with Crippen molar-refractivity contribution in [3.8, 4) is 0 Å². The van der Waals surface area contributed by atoms with Crippen LogP contribution >= 0.6 is 0 Å². The van der Waals surface area contributed by atoms with E-state index in [9.17, 15) is 14.0 Å². The van der Waals surface area contributed by atoms with Gasteiger partial charge in [0.25, 0.3) is 5.91 Å². The first kappa shape index (κ1) is 21.0. The van der Waals surface area contributed by atoms with E-state index < -0.39 is 0 Å². The molecule has 0 radical (unpaired) electrons. The van der Waals surface area contributed by atoms with E-state index >= 15 is 0 Å². The predicted molar refractivity (Wildman–Crippen MR) is 120 cm³/mol. The van der Waals surface area contributed by atoms with Crippen molar-refractivity contribution in [1.29, 1.82) is 0 Å². The number of hydrogen-bond acceptors (Lipinski definition) is 5. The molecule has 0 atom stereocenters. The van der Waals surface area contributed by atoms with Crippen molar-refractivity contribution >= 4 is 34.7 Å². The molecule has 0 fully saturated rings. The normalized spacial score (nSPS) is 10.7. The Morgan fingerprint density at radius 1 is 0.969 bits per heavy atom. The zero-order valence-corrected chi connectivity index (χ0v) is 17.5. The van der Waals surface area contributed by atoms with E-state index in [1.807, 2.05) is 18.0 Å². The number of anilines is 3. The molecule has 0 aliphatic carbocycles. The molecule has 8 nitrogen and oxygen atoms in total. The van der Waals surface area contributed by atoms with Crippen LogP contribution in [0, 0.1) is 5.82 Å². The molecular weight excluding hydrogens is 411 g/mol. The number of carbonyl (C=O) groups excluding carboxylic acids is 2. The lowest BCUT2D eigenvalue weighted by atomic mass is 10.2. The van der Waals surface area contributed by atoms with Gasteiger partial charge in [-0.25, -0.2) is 13.9 Å². The van der Waals surface area contributed by atoms with Crippen LogP contribution in [-0.2, 0) is 11.3 Å². The second-order valence-corrected chi connectivity index (χ2v) is 7.30. The quantitative estimate of drug-likeness (QED) is 0.485. The molecule has 32 heavy (non-hydrogen) atoms. The number of fused-ring (bicyclic) bond motifs is 1. The maximum absolute atomic E-state index is 13.1. The Morgan fingerprint density at radius 2 is 1.62 bits per heavy atom. The molecule has 0 spiro atoms. The third kappa shape index (κ3) is 4.72. The molecule has 0 aliphatic rings. The van der Waals surface area contributed by atoms with Gasteiger partial charge in [-0.05, 0) is 54.1 Å². The predicted octanol–water partition coefficient (Wildman–Crippen LogP) is 3.72. The minimum atomic E-state index is -0.365. The van der Waals surface area contributed by atoms with Gasteiger partial charge in [-0.1, -0.05) is 12.1 Å². The highest BCUT2D eigenvalue weighted by atomic mass is 19.1. The van der Waals surface area contributed by atoms with Gasteiger partial charge in [-0.15, -0.1) is 5.10 Å². The largest absolute Gasteiger partial charge is 0.354 e. The Labute approximate surface area is 183 Å². The van der Waals surface area contributed by atoms with Crippen LogP contribution in [0.1, 0.15) is 23.0 Å². The summed E-state index contributed by atoms with van der Waals surface area (Å²) in [4.78, 5) is 30.1. The van der Waals surface area contributed by atoms with Crippen molar-refractivity contribution in [2.24, 2.45) is 0 Å². The van der Waals surface area contributed by atoms with E-state index in [1.54, 1.807) is 42.5 Å². The number of imidazole rings is 1. The Hall–Kier alpha value is -4.27. The number of rotatable bonds is 6. The van der Waals surface area contributed by atoms with Crippen LogP contribution in [0.4, 0.5) is 21.6 Å². The number of carbonyl (C=O) groups is 2. The van der Waals surface area contributed by atoms with E-state index in [1.165, 1.54) is 29.8 Å². The number of halogens is 1. The van der Waals surface area contributed by atoms with Gasteiger partial charge in [0.15, 0.2) is 11.3 Å². The summed E-state index contributed by atoms with van der Waals surface area (Å²) in [7, 11) is 1.87. The maximum atomic E-state index is 13.1. The third-order valence-corrected chi connectivity index (χ3v) is 4.77. The van der Waals surface area contributed by atoms with Crippen LogP contribution < -0.4 is 15.5 Å². The van der Waals surface area contributed by atoms with Crippen molar-refractivity contribution in [2.75, 3.05) is 22.6 Å². The van der Waals surface area contributed by atoms with Gasteiger partial charge in [0.05, 0.1) is 6.20 Å². The summed E-state index contributed by atoms with van der Waals surface area (Å²) in [5.74, 6) is -0.183. The molecule has 162 valence electrons. The summed E-state index contributed by atoms with van der Waals surface area (Å²) < 4.78 is 14.6. The first-order valence-electron chi connectivity index (χ1n) is 9.88. The molecular formula is C23H21FN6O2. The lowest BCUT2D eigenvalue weighted by molar-refractivity contribution is -0.114. The van der Waals surface area contributed by atoms with Crippen LogP contribution in [0.3, 0.4) is 0 Å². The molecule has 2 aromatic heterocycles. The fraction of sp³-hybridized carbons (Fsp3) is 0.130. The highest BCUT2D eigenvalue weighted by Gasteiger charge is 2.15. The van der Waals surface area contributed by atoms with Gasteiger partial charge in [0.2, 0.25) is 5.91 Å². The molecule has 0 saturated carbocycles. The molecule has 2 aromatic carbocycles. The molecule has 4 aromatic rings. The average Bonchev–Trinajstić information content (AvgIpc) is 3.20. The highest BCUT2D eigenvalue weighted by Crippen LogP contribution is 2.17. The summed E-state index contributed by atoms with van der Waals surface area (Å²) in [5.41, 5.74) is 2.96. The molecule has 2 heterocycles. The Balaban J connectivity index is 1.52. The molecule has 0 bridgehead atoms. The molecule has 0 saturated heterocycles. The number of nitrogens with zero attached hydrogens (tertiary/aromatic N) is 4. The van der Waals surface area contributed by atoms with E-state index in [-0.39, 0.29) is 23.3 Å². The zero-order valence-electron chi connectivity index (χ0n) is 17.5. The minimum Gasteiger partial charge on any atom is -0.354 e. The van der Waals surface area contributed by atoms with Gasteiger partial charge >= 0.3 is 0 Å². The molecule has 2 amide bonds. The van der Waals surface area contributed by atoms with Crippen molar-refractivity contribution in [2.45, 2.75) is 13.5 Å². The van der Waals surface area contributed by atoms with E-state index in [0.717, 1.165) is 5.56 Å². The summed E-state index contributed by atoms with van der Waals surface area (Å²) in [5, 5.41) is 10.0. The Bertz CT molecular complexity index is 1270. The SMILES string of the molecule is CC(=O)Nc1ccc(NC(=O)c2cnc3ccc(N(C)Cc4ccc(F)cc4)nn23)cc1. The second-order valence-electron chi connectivity index (χ2n) is 7.30. The summed E-state index contributed by atoms with van der Waals surface area (Å²) in [6.07, 6.45) is 1.47. The summed E-state index contributed by atoms with van der Waals surface area (Å²) in [6, 6.07) is 16.7. The van der Waals surface area contributed by atoms with E-state index in [2.05, 4.69) is 20.7 Å². The molecule has 4 rings (SSSR count). The summed E-state index contributed by atoms with van der Waals surface area (Å²) >= 11 is 0. The van der Waals surface area contributed by atoms with Crippen molar-refractivity contribution in [1.82, 2.24) is 14.6 Å². The smallest absolute Gasteiger partial charge is 0.276 e. The van der Waals surface area contributed by atoms with Crippen LogP contribution in [0.25, 0.3) is 5.65 Å². The third-order valence-electron chi connectivity index (χ3n) is 4.77. The Morgan fingerprint density at radius 3 is 2.28 bits per heavy atom. The molecule has 0 aliphatic heterocycles. The number of nitrogens with one attached hydrogen (secondary N) is 2. The first-order chi connectivity index (χ1) is 15.4. The van der Waals surface area contributed by atoms with Crippen molar-refractivity contribution < 1.29 is 14.0 Å². The van der Waals surface area contributed by atoms with Gasteiger partial charge in [0, 0.05) is 31.9 Å². The minimum absolute atomic E-state index is 0.168. The topological polar surface area (TPSA) is 91.6 Å². The van der Waals surface area contributed by atoms with Crippen molar-refractivity contribution in [3.05, 3.63) is 83.9 Å². The van der Waals surface area contributed by atoms with Gasteiger partial charge in [-0.3, -0.25) is 9.59 Å². The first-order valence-corrected chi connectivity index (χ1v) is 9.88. The van der Waals surface area contributed by atoms with Crippen LogP contribution in [0.5, 0.6) is 0 Å². The number of aromatic nitrogens is 3. The lowest BCUT2D eigenvalue weighted by Gasteiger charge is -2.18. The number of amides is 2. The number of benzene rings is 2. The van der Waals surface area contributed by atoms with Crippen LogP contribution in [0.15, 0.2) is 66.9 Å². The van der Waals surface area contributed by atoms with Crippen LogP contribution in [-0.4, -0.2) is 33.5 Å². The fourth-order valence-corrected chi connectivity index (χ4v) is 3.20. The molecule has 9 heteroatoms. The number of hydrogen-bond donors (Lipinski definition) is 2. The Kier molecular flexibility index (Phi) is 5.80.